The van der Waals surface area contributed by atoms with Gasteiger partial charge in [-0.15, -0.1) is 0 Å². The standard InChI is InChI=1S/C67H42N4O.C64H38N4O/c1-67(2)55-28-13-10-25-49(55)50-34-32-43(37-56(50)67)66-70-64(39-17-4-3-5-18-39)69-65(71-66)42-20-16-19-41(35-42)63-54-38-59-62(52-27-12-15-30-58(52)72-59)60(61(54)51-26-11-14-29-57(51)68-63)40-31-33-48-46-23-7-6-21-44(46)45-22-8-9-24-47(45)53(48)36-40;1-3-16-39(17-4-1)40-30-32-42(33-31-40)63-66-62(41-18-5-2-6-19-41)67-64(68-63)45-21-15-20-44(36-45)61-54-38-57-60(52-27-12-14-29-56(52)69-57)58(59(54)51-26-11-13-28-55(51)65-61)43-34-35-50-48-24-8-7-22-46(48)47-23-9-10-25-49(47)53(50)37-43/h3-38H,1-2H3;1-38H. The molecular weight excluding hydrogens is 1720 g/mol. The van der Waals surface area contributed by atoms with Crippen LogP contribution in [0.1, 0.15) is 25.0 Å². The number of benzene rings is 22. The summed E-state index contributed by atoms with van der Waals surface area (Å²) in [5, 5.41) is 25.6. The number of para-hydroxylation sites is 4. The second-order valence-electron chi connectivity index (χ2n) is 37.3. The summed E-state index contributed by atoms with van der Waals surface area (Å²) in [7, 11) is 0. The molecule has 0 fully saturated rings. The van der Waals surface area contributed by atoms with Gasteiger partial charge in [0.2, 0.25) is 0 Å². The summed E-state index contributed by atoms with van der Waals surface area (Å²) in [6.07, 6.45) is 0. The SMILES string of the molecule is CC1(C)c2ccccc2-c2ccc(-c3nc(-c4ccccc4)nc(-c4cccc(-c5nc6ccccc6c6c(-c7ccc8c9ccccc9c9ccccc9c8c7)c7c(cc56)oc5ccccc57)c4)n3)cc21.c1ccc(-c2ccc(-c3nc(-c4ccccc4)nc(-c4cccc(-c5nc6ccccc6c6c(-c7ccc8c9ccccc9c9ccccc9c8c7)c7c(cc56)oc5ccccc57)c4)n3)cc2)cc1. The monoisotopic (exact) mass is 1800 g/mol. The molecule has 0 spiro atoms. The molecule has 29 rings (SSSR count). The van der Waals surface area contributed by atoms with E-state index in [9.17, 15) is 0 Å². The van der Waals surface area contributed by atoms with E-state index >= 15 is 0 Å². The highest BCUT2D eigenvalue weighted by atomic mass is 16.3. The van der Waals surface area contributed by atoms with Crippen molar-refractivity contribution in [3.05, 3.63) is 460 Å². The van der Waals surface area contributed by atoms with Gasteiger partial charge in [-0.25, -0.2) is 39.9 Å². The van der Waals surface area contributed by atoms with Gasteiger partial charge in [0, 0.05) is 115 Å². The van der Waals surface area contributed by atoms with E-state index in [2.05, 4.69) is 396 Å². The Bertz CT molecular complexity index is 10000. The maximum absolute atomic E-state index is 6.85. The summed E-state index contributed by atoms with van der Waals surface area (Å²) in [4.78, 5) is 42.1. The zero-order valence-electron chi connectivity index (χ0n) is 76.6. The quantitative estimate of drug-likeness (QED) is 0.115. The Labute approximate surface area is 809 Å². The van der Waals surface area contributed by atoms with E-state index in [-0.39, 0.29) is 5.41 Å². The number of hydrogen-bond donors (Lipinski definition) is 0. The summed E-state index contributed by atoms with van der Waals surface area (Å²) in [5.74, 6) is 3.62. The van der Waals surface area contributed by atoms with Crippen LogP contribution in [0.2, 0.25) is 0 Å². The number of fused-ring (bicyclic) bond motifs is 27. The summed E-state index contributed by atoms with van der Waals surface area (Å²) in [5.41, 5.74) is 25.9. The number of aromatic nitrogens is 8. The van der Waals surface area contributed by atoms with Crippen LogP contribution in [0, 0.1) is 0 Å². The Kier molecular flexibility index (Phi) is 18.5. The van der Waals surface area contributed by atoms with E-state index in [0.717, 1.165) is 177 Å². The van der Waals surface area contributed by atoms with E-state index in [1.165, 1.54) is 86.9 Å². The normalized spacial score (nSPS) is 12.4. The predicted octanol–water partition coefficient (Wildman–Crippen LogP) is 34.5. The van der Waals surface area contributed by atoms with Gasteiger partial charge < -0.3 is 8.83 Å². The second-order valence-corrected chi connectivity index (χ2v) is 37.3. The van der Waals surface area contributed by atoms with Gasteiger partial charge in [-0.1, -0.05) is 396 Å². The summed E-state index contributed by atoms with van der Waals surface area (Å²) >= 11 is 0. The molecule has 141 heavy (non-hydrogen) atoms. The van der Waals surface area contributed by atoms with Crippen LogP contribution < -0.4 is 0 Å². The molecule has 0 N–H and O–H groups in total. The van der Waals surface area contributed by atoms with Crippen LogP contribution in [-0.2, 0) is 5.41 Å². The average molecular weight is 1800 g/mol. The number of furan rings is 2. The smallest absolute Gasteiger partial charge is 0.164 e. The van der Waals surface area contributed by atoms with Crippen molar-refractivity contribution in [1.82, 2.24) is 39.9 Å². The highest BCUT2D eigenvalue weighted by Gasteiger charge is 2.36. The predicted molar refractivity (Wildman–Crippen MR) is 582 cm³/mol. The van der Waals surface area contributed by atoms with E-state index < -0.39 is 0 Å². The Morgan fingerprint density at radius 1 is 0.163 bits per heavy atom. The van der Waals surface area contributed by atoms with Crippen molar-refractivity contribution in [3.8, 4) is 135 Å². The van der Waals surface area contributed by atoms with Crippen molar-refractivity contribution in [2.75, 3.05) is 0 Å². The first-order valence-electron chi connectivity index (χ1n) is 47.9. The van der Waals surface area contributed by atoms with Gasteiger partial charge in [-0.05, 0) is 176 Å². The van der Waals surface area contributed by atoms with Crippen molar-refractivity contribution in [3.63, 3.8) is 0 Å². The lowest BCUT2D eigenvalue weighted by molar-refractivity contribution is 0.660. The van der Waals surface area contributed by atoms with Gasteiger partial charge in [0.1, 0.15) is 22.3 Å². The van der Waals surface area contributed by atoms with Crippen LogP contribution in [0.25, 0.3) is 287 Å². The molecule has 0 radical (unpaired) electrons. The topological polar surface area (TPSA) is 129 Å². The molecular formula is C131H80N8O2. The van der Waals surface area contributed by atoms with E-state index in [4.69, 9.17) is 48.7 Å². The molecule has 1 aliphatic carbocycles. The molecule has 10 heteroatoms. The molecule has 0 atom stereocenters. The third-order valence-electron chi connectivity index (χ3n) is 28.9. The summed E-state index contributed by atoms with van der Waals surface area (Å²) in [6, 6.07) is 159. The molecule has 1 aliphatic rings. The van der Waals surface area contributed by atoms with Gasteiger partial charge in [-0.3, -0.25) is 0 Å². The lowest BCUT2D eigenvalue weighted by Gasteiger charge is -2.21. The van der Waals surface area contributed by atoms with E-state index in [1.807, 2.05) is 66.7 Å². The lowest BCUT2D eigenvalue weighted by atomic mass is 9.82. The van der Waals surface area contributed by atoms with Crippen LogP contribution >= 0.6 is 0 Å². The molecule has 0 amide bonds. The third kappa shape index (κ3) is 13.2. The summed E-state index contributed by atoms with van der Waals surface area (Å²) < 4.78 is 13.7. The van der Waals surface area contributed by atoms with Gasteiger partial charge in [0.25, 0.3) is 0 Å². The highest BCUT2D eigenvalue weighted by molar-refractivity contribution is 6.33. The molecule has 28 aromatic rings. The van der Waals surface area contributed by atoms with Crippen molar-refractivity contribution in [2.24, 2.45) is 0 Å². The Balaban J connectivity index is 0.000000138. The highest BCUT2D eigenvalue weighted by Crippen LogP contribution is 2.54. The first-order chi connectivity index (χ1) is 69.6. The Morgan fingerprint density at radius 2 is 0.454 bits per heavy atom. The van der Waals surface area contributed by atoms with Crippen LogP contribution in [-0.4, -0.2) is 39.9 Å². The van der Waals surface area contributed by atoms with Crippen LogP contribution in [0.4, 0.5) is 0 Å². The molecule has 6 aromatic heterocycles. The molecule has 0 saturated heterocycles. The van der Waals surface area contributed by atoms with Crippen LogP contribution in [0.3, 0.4) is 0 Å². The fraction of sp³-hybridized carbons (Fsp3) is 0.0229. The van der Waals surface area contributed by atoms with Gasteiger partial charge in [-0.2, -0.15) is 0 Å². The fourth-order valence-electron chi connectivity index (χ4n) is 22.4. The maximum Gasteiger partial charge on any atom is 0.164 e. The number of rotatable bonds is 11. The zero-order chi connectivity index (χ0) is 93.1. The summed E-state index contributed by atoms with van der Waals surface area (Å²) in [6.45, 7) is 4.61. The van der Waals surface area contributed by atoms with Crippen molar-refractivity contribution < 1.29 is 8.83 Å². The fourth-order valence-corrected chi connectivity index (χ4v) is 22.4. The largest absolute Gasteiger partial charge is 0.456 e. The minimum absolute atomic E-state index is 0.171. The third-order valence-corrected chi connectivity index (χ3v) is 28.9. The van der Waals surface area contributed by atoms with Gasteiger partial charge in [0.05, 0.1) is 22.4 Å². The maximum atomic E-state index is 6.85. The van der Waals surface area contributed by atoms with E-state index in [1.54, 1.807) is 0 Å². The molecule has 0 bridgehead atoms. The molecule has 6 heterocycles. The molecule has 22 aromatic carbocycles. The Morgan fingerprint density at radius 3 is 0.887 bits per heavy atom. The van der Waals surface area contributed by atoms with Gasteiger partial charge >= 0.3 is 0 Å². The van der Waals surface area contributed by atoms with Crippen LogP contribution in [0.5, 0.6) is 0 Å². The second kappa shape index (κ2) is 32.3. The first kappa shape index (κ1) is 80.8. The van der Waals surface area contributed by atoms with Crippen LogP contribution in [0.15, 0.2) is 458 Å². The lowest BCUT2D eigenvalue weighted by Crippen LogP contribution is -2.15. The minimum atomic E-state index is -0.171. The number of nitrogens with zero attached hydrogens (tertiary/aromatic N) is 8. The molecule has 656 valence electrons. The van der Waals surface area contributed by atoms with Crippen molar-refractivity contribution in [1.29, 1.82) is 0 Å². The van der Waals surface area contributed by atoms with Gasteiger partial charge in [0.15, 0.2) is 34.9 Å². The van der Waals surface area contributed by atoms with Crippen molar-refractivity contribution in [2.45, 2.75) is 19.3 Å². The molecule has 10 nitrogen and oxygen atoms in total. The number of hydrogen-bond acceptors (Lipinski definition) is 10. The average Bonchev–Trinajstić information content (AvgIpc) is 1.63. The zero-order valence-corrected chi connectivity index (χ0v) is 76.6. The molecule has 0 saturated carbocycles. The minimum Gasteiger partial charge on any atom is -0.456 e. The first-order valence-corrected chi connectivity index (χ1v) is 47.9. The Hall–Kier alpha value is -18.6. The van der Waals surface area contributed by atoms with E-state index in [0.29, 0.717) is 34.9 Å². The number of pyridine rings is 2. The van der Waals surface area contributed by atoms with Crippen molar-refractivity contribution >= 4 is 152 Å². The molecule has 0 aliphatic heterocycles. The molecule has 0 unspecified atom stereocenters.